The van der Waals surface area contributed by atoms with E-state index >= 15 is 0 Å². The van der Waals surface area contributed by atoms with Gasteiger partial charge in [-0.1, -0.05) is 269 Å². The highest BCUT2D eigenvalue weighted by molar-refractivity contribution is 5.76. The molecule has 3 N–H and O–H groups in total. The molecule has 406 valence electrons. The summed E-state index contributed by atoms with van der Waals surface area (Å²) >= 11 is 0. The summed E-state index contributed by atoms with van der Waals surface area (Å²) in [7, 11) is 0. The van der Waals surface area contributed by atoms with Crippen molar-refractivity contribution in [1.29, 1.82) is 0 Å². The van der Waals surface area contributed by atoms with Crippen molar-refractivity contribution in [2.75, 3.05) is 13.2 Å². The molecule has 0 radical (unpaired) electrons. The van der Waals surface area contributed by atoms with E-state index < -0.39 is 12.1 Å². The van der Waals surface area contributed by atoms with E-state index in [0.717, 1.165) is 70.6 Å². The third-order valence-corrected chi connectivity index (χ3v) is 14.1. The zero-order valence-electron chi connectivity index (χ0n) is 46.3. The average molecular weight is 971 g/mol. The average Bonchev–Trinajstić information content (AvgIpc) is 3.35. The largest absolute Gasteiger partial charge is 0.466 e. The number of rotatable bonds is 57. The van der Waals surface area contributed by atoms with Gasteiger partial charge in [0.15, 0.2) is 0 Å². The maximum absolute atomic E-state index is 12.5. The Kier molecular flexibility index (Phi) is 57.0. The van der Waals surface area contributed by atoms with Gasteiger partial charge in [0.25, 0.3) is 0 Å². The van der Waals surface area contributed by atoms with Crippen LogP contribution in [0.2, 0.25) is 0 Å². The minimum Gasteiger partial charge on any atom is -0.466 e. The normalized spacial score (nSPS) is 12.8. The summed E-state index contributed by atoms with van der Waals surface area (Å²) in [4.78, 5) is 24.6. The lowest BCUT2D eigenvalue weighted by Gasteiger charge is -2.19. The van der Waals surface area contributed by atoms with Crippen molar-refractivity contribution in [1.82, 2.24) is 5.32 Å². The fraction of sp³-hybridized carbons (Fsp3) is 0.873. The predicted octanol–water partition coefficient (Wildman–Crippen LogP) is 19.2. The third kappa shape index (κ3) is 55.2. The second-order valence-corrected chi connectivity index (χ2v) is 21.0. The van der Waals surface area contributed by atoms with Crippen LogP contribution in [0.4, 0.5) is 0 Å². The second-order valence-electron chi connectivity index (χ2n) is 21.0. The number of nitrogens with one attached hydrogen (secondary N) is 1. The van der Waals surface area contributed by atoms with Crippen LogP contribution in [-0.4, -0.2) is 47.4 Å². The van der Waals surface area contributed by atoms with Crippen LogP contribution < -0.4 is 5.32 Å². The molecular weight excluding hydrogens is 851 g/mol. The summed E-state index contributed by atoms with van der Waals surface area (Å²) in [6.07, 6.45) is 73.2. The zero-order valence-corrected chi connectivity index (χ0v) is 46.3. The molecule has 0 saturated heterocycles. The standard InChI is InChI=1S/C63H119NO5/c1-3-5-7-9-11-13-15-17-19-21-22-23-24-25-26-27-28-31-35-39-43-47-51-55-61(66)60(59-65)64-62(67)56-52-48-44-40-36-32-30-34-38-42-46-50-54-58-69-63(68)57-53-49-45-41-37-33-29-20-18-16-14-12-10-8-6-4-2/h20,29,32,36,51,55,60-61,65-66H,3-19,21-28,30-31,33-35,37-50,52-54,56-59H2,1-2H3,(H,64,67)/b29-20-,36-32-,55-51+. The molecule has 0 rings (SSSR count). The molecule has 0 aromatic rings. The number of unbranched alkanes of at least 4 members (excludes halogenated alkanes) is 42. The van der Waals surface area contributed by atoms with Crippen molar-refractivity contribution in [3.05, 3.63) is 36.5 Å². The molecule has 0 aromatic carbocycles. The van der Waals surface area contributed by atoms with E-state index in [1.807, 2.05) is 6.08 Å². The fourth-order valence-electron chi connectivity index (χ4n) is 9.39. The molecule has 2 unspecified atom stereocenters. The molecule has 0 heterocycles. The monoisotopic (exact) mass is 970 g/mol. The maximum Gasteiger partial charge on any atom is 0.305 e. The van der Waals surface area contributed by atoms with Crippen molar-refractivity contribution in [3.63, 3.8) is 0 Å². The van der Waals surface area contributed by atoms with Crippen LogP contribution in [0.3, 0.4) is 0 Å². The zero-order chi connectivity index (χ0) is 50.0. The van der Waals surface area contributed by atoms with Gasteiger partial charge in [0.2, 0.25) is 5.91 Å². The van der Waals surface area contributed by atoms with E-state index in [4.69, 9.17) is 4.74 Å². The van der Waals surface area contributed by atoms with Gasteiger partial charge in [-0.3, -0.25) is 9.59 Å². The number of hydrogen-bond donors (Lipinski definition) is 3. The minimum absolute atomic E-state index is 0.0210. The van der Waals surface area contributed by atoms with E-state index in [0.29, 0.717) is 19.4 Å². The highest BCUT2D eigenvalue weighted by Gasteiger charge is 2.18. The Morgan fingerprint density at radius 3 is 1.04 bits per heavy atom. The lowest BCUT2D eigenvalue weighted by Crippen LogP contribution is -2.45. The third-order valence-electron chi connectivity index (χ3n) is 14.1. The van der Waals surface area contributed by atoms with Crippen molar-refractivity contribution >= 4 is 11.9 Å². The van der Waals surface area contributed by atoms with E-state index in [1.54, 1.807) is 6.08 Å². The Labute approximate surface area is 430 Å². The number of aliphatic hydroxyl groups excluding tert-OH is 2. The van der Waals surface area contributed by atoms with Crippen LogP contribution in [0.25, 0.3) is 0 Å². The summed E-state index contributed by atoms with van der Waals surface area (Å²) in [5, 5.41) is 23.2. The van der Waals surface area contributed by atoms with Crippen molar-refractivity contribution in [2.45, 2.75) is 341 Å². The summed E-state index contributed by atoms with van der Waals surface area (Å²) < 4.78 is 5.47. The maximum atomic E-state index is 12.5. The van der Waals surface area contributed by atoms with Gasteiger partial charge in [0.1, 0.15) is 0 Å². The van der Waals surface area contributed by atoms with E-state index in [-0.39, 0.29) is 18.5 Å². The summed E-state index contributed by atoms with van der Waals surface area (Å²) in [6, 6.07) is -0.650. The number of allylic oxidation sites excluding steroid dienone is 5. The molecule has 6 nitrogen and oxygen atoms in total. The SMILES string of the molecule is CCCCCCCCC/C=C\CCCCCCCC(=O)OCCCCCCCC/C=C\CCCCCC(=O)NC(CO)C(O)/C=C/CCCCCCCCCCCCCCCCCCCCCCC. The molecular formula is C63H119NO5. The summed E-state index contributed by atoms with van der Waals surface area (Å²) in [5.41, 5.74) is 0. The van der Waals surface area contributed by atoms with Crippen molar-refractivity contribution in [3.8, 4) is 0 Å². The van der Waals surface area contributed by atoms with Crippen LogP contribution in [0.1, 0.15) is 328 Å². The van der Waals surface area contributed by atoms with Crippen LogP contribution in [0, 0.1) is 0 Å². The molecule has 1 amide bonds. The molecule has 0 aliphatic heterocycles. The van der Waals surface area contributed by atoms with Crippen LogP contribution in [-0.2, 0) is 14.3 Å². The van der Waals surface area contributed by atoms with Crippen molar-refractivity contribution < 1.29 is 24.5 Å². The number of carbonyl (C=O) groups excluding carboxylic acids is 2. The van der Waals surface area contributed by atoms with Gasteiger partial charge >= 0.3 is 5.97 Å². The molecule has 0 fully saturated rings. The Balaban J connectivity index is 3.52. The molecule has 0 saturated carbocycles. The first-order valence-corrected chi connectivity index (χ1v) is 30.8. The second kappa shape index (κ2) is 58.6. The van der Waals surface area contributed by atoms with Gasteiger partial charge in [0.05, 0.1) is 25.4 Å². The van der Waals surface area contributed by atoms with E-state index in [2.05, 4.69) is 43.5 Å². The fourth-order valence-corrected chi connectivity index (χ4v) is 9.39. The molecule has 69 heavy (non-hydrogen) atoms. The topological polar surface area (TPSA) is 95.9 Å². The smallest absolute Gasteiger partial charge is 0.305 e. The Bertz CT molecular complexity index is 1120. The van der Waals surface area contributed by atoms with Crippen LogP contribution in [0.5, 0.6) is 0 Å². The quantitative estimate of drug-likeness (QED) is 0.0321. The molecule has 0 bridgehead atoms. The Morgan fingerprint density at radius 2 is 0.681 bits per heavy atom. The first-order valence-electron chi connectivity index (χ1n) is 30.8. The van der Waals surface area contributed by atoms with Crippen LogP contribution >= 0.6 is 0 Å². The number of aliphatic hydroxyl groups is 2. The number of ether oxygens (including phenoxy) is 1. The number of carbonyl (C=O) groups is 2. The molecule has 6 heteroatoms. The molecule has 0 spiro atoms. The first kappa shape index (κ1) is 67.1. The number of hydrogen-bond acceptors (Lipinski definition) is 5. The van der Waals surface area contributed by atoms with Gasteiger partial charge < -0.3 is 20.3 Å². The van der Waals surface area contributed by atoms with E-state index in [1.165, 1.54) is 231 Å². The number of esters is 1. The van der Waals surface area contributed by atoms with E-state index in [9.17, 15) is 19.8 Å². The molecule has 0 aromatic heterocycles. The highest BCUT2D eigenvalue weighted by Crippen LogP contribution is 2.17. The predicted molar refractivity (Wildman–Crippen MR) is 301 cm³/mol. The molecule has 0 aliphatic carbocycles. The summed E-state index contributed by atoms with van der Waals surface area (Å²) in [5.74, 6) is -0.117. The molecule has 2 atom stereocenters. The summed E-state index contributed by atoms with van der Waals surface area (Å²) in [6.45, 7) is 4.87. The van der Waals surface area contributed by atoms with Gasteiger partial charge in [-0.05, 0) is 83.5 Å². The lowest BCUT2D eigenvalue weighted by atomic mass is 10.0. The first-order chi connectivity index (χ1) is 34.0. The molecule has 0 aliphatic rings. The van der Waals surface area contributed by atoms with Crippen molar-refractivity contribution in [2.24, 2.45) is 0 Å². The van der Waals surface area contributed by atoms with Gasteiger partial charge in [0, 0.05) is 12.8 Å². The van der Waals surface area contributed by atoms with Crippen LogP contribution in [0.15, 0.2) is 36.5 Å². The number of amides is 1. The Morgan fingerprint density at radius 1 is 0.391 bits per heavy atom. The van der Waals surface area contributed by atoms with Gasteiger partial charge in [-0.15, -0.1) is 0 Å². The van der Waals surface area contributed by atoms with Gasteiger partial charge in [-0.2, -0.15) is 0 Å². The van der Waals surface area contributed by atoms with Gasteiger partial charge in [-0.25, -0.2) is 0 Å². The highest BCUT2D eigenvalue weighted by atomic mass is 16.5. The Hall–Kier alpha value is -1.92. The minimum atomic E-state index is -0.864. The lowest BCUT2D eigenvalue weighted by molar-refractivity contribution is -0.143.